The zero-order valence-corrected chi connectivity index (χ0v) is 16.0. The van der Waals surface area contributed by atoms with Crippen molar-refractivity contribution >= 4 is 0 Å². The number of nitrogens with one attached hydrogen (secondary N) is 1. The third-order valence-corrected chi connectivity index (χ3v) is 5.29. The summed E-state index contributed by atoms with van der Waals surface area (Å²) in [7, 11) is 1.68. The van der Waals surface area contributed by atoms with Gasteiger partial charge in [0.1, 0.15) is 18.2 Å². The van der Waals surface area contributed by atoms with Crippen LogP contribution in [0.25, 0.3) is 0 Å². The molecule has 1 aromatic heterocycles. The van der Waals surface area contributed by atoms with Gasteiger partial charge in [0, 0.05) is 50.6 Å². The zero-order valence-electron chi connectivity index (χ0n) is 16.0. The van der Waals surface area contributed by atoms with Gasteiger partial charge in [-0.2, -0.15) is 0 Å². The van der Waals surface area contributed by atoms with Crippen molar-refractivity contribution < 1.29 is 9.47 Å². The first-order valence-electron chi connectivity index (χ1n) is 9.83. The number of ether oxygens (including phenoxy) is 2. The standard InChI is InChI=1S/C21H28N4O2/c1-26-11-12-27-18-6-4-16(5-7-18)14-25-10-8-19-17(15-25)13-23-21(24-19)20-3-2-9-22-20/h4-7,13,20,22H,2-3,8-12,14-15H2,1H3. The molecule has 0 bridgehead atoms. The molecule has 1 fully saturated rings. The Labute approximate surface area is 160 Å². The van der Waals surface area contributed by atoms with Crippen LogP contribution < -0.4 is 10.1 Å². The second-order valence-electron chi connectivity index (χ2n) is 7.29. The highest BCUT2D eigenvalue weighted by Crippen LogP contribution is 2.24. The molecular formula is C21H28N4O2. The van der Waals surface area contributed by atoms with E-state index in [1.54, 1.807) is 7.11 Å². The summed E-state index contributed by atoms with van der Waals surface area (Å²) in [4.78, 5) is 12.0. The Hall–Kier alpha value is -2.02. The normalized spacial score (nSPS) is 19.8. The van der Waals surface area contributed by atoms with E-state index in [1.165, 1.54) is 23.2 Å². The lowest BCUT2D eigenvalue weighted by atomic mass is 10.1. The van der Waals surface area contributed by atoms with E-state index in [0.717, 1.165) is 50.6 Å². The third kappa shape index (κ3) is 4.64. The summed E-state index contributed by atoms with van der Waals surface area (Å²) in [5.41, 5.74) is 3.79. The molecule has 6 heteroatoms. The van der Waals surface area contributed by atoms with Gasteiger partial charge in [-0.05, 0) is 37.1 Å². The molecule has 1 N–H and O–H groups in total. The molecular weight excluding hydrogens is 340 g/mol. The largest absolute Gasteiger partial charge is 0.491 e. The number of rotatable bonds is 7. The van der Waals surface area contributed by atoms with Crippen LogP contribution in [-0.2, 0) is 24.2 Å². The average molecular weight is 368 g/mol. The molecule has 27 heavy (non-hydrogen) atoms. The topological polar surface area (TPSA) is 59.5 Å². The predicted octanol–water partition coefficient (Wildman–Crippen LogP) is 2.48. The lowest BCUT2D eigenvalue weighted by molar-refractivity contribution is 0.146. The molecule has 6 nitrogen and oxygen atoms in total. The first kappa shape index (κ1) is 18.3. The highest BCUT2D eigenvalue weighted by Gasteiger charge is 2.23. The van der Waals surface area contributed by atoms with Gasteiger partial charge in [0.25, 0.3) is 0 Å². The molecule has 1 atom stereocenters. The second-order valence-corrected chi connectivity index (χ2v) is 7.29. The Bertz CT molecular complexity index is 744. The van der Waals surface area contributed by atoms with Gasteiger partial charge < -0.3 is 14.8 Å². The van der Waals surface area contributed by atoms with Crippen molar-refractivity contribution in [1.82, 2.24) is 20.2 Å². The minimum atomic E-state index is 0.345. The summed E-state index contributed by atoms with van der Waals surface area (Å²) in [5, 5.41) is 3.49. The molecule has 4 rings (SSSR count). The molecule has 2 aliphatic heterocycles. The van der Waals surface area contributed by atoms with Gasteiger partial charge in [0.2, 0.25) is 0 Å². The van der Waals surface area contributed by atoms with Gasteiger partial charge in [0.05, 0.1) is 12.6 Å². The fourth-order valence-electron chi connectivity index (χ4n) is 3.79. The molecule has 1 saturated heterocycles. The summed E-state index contributed by atoms with van der Waals surface area (Å²) in [6, 6.07) is 8.70. The SMILES string of the molecule is COCCOc1ccc(CN2CCc3nc(C4CCCN4)ncc3C2)cc1. The van der Waals surface area contributed by atoms with Crippen LogP contribution in [0.4, 0.5) is 0 Å². The van der Waals surface area contributed by atoms with Crippen molar-refractivity contribution in [3.05, 3.63) is 53.1 Å². The lowest BCUT2D eigenvalue weighted by Gasteiger charge is -2.28. The van der Waals surface area contributed by atoms with Crippen molar-refractivity contribution in [3.8, 4) is 5.75 Å². The first-order chi connectivity index (χ1) is 13.3. The fraction of sp³-hybridized carbons (Fsp3) is 0.524. The van der Waals surface area contributed by atoms with Gasteiger partial charge in [0.15, 0.2) is 0 Å². The van der Waals surface area contributed by atoms with Crippen molar-refractivity contribution in [2.24, 2.45) is 0 Å². The summed E-state index contributed by atoms with van der Waals surface area (Å²) < 4.78 is 10.6. The van der Waals surface area contributed by atoms with E-state index in [2.05, 4.69) is 27.3 Å². The molecule has 0 radical (unpaired) electrons. The van der Waals surface area contributed by atoms with Gasteiger partial charge in [-0.25, -0.2) is 9.97 Å². The number of fused-ring (bicyclic) bond motifs is 1. The number of hydrogen-bond donors (Lipinski definition) is 1. The van der Waals surface area contributed by atoms with Crippen molar-refractivity contribution in [3.63, 3.8) is 0 Å². The van der Waals surface area contributed by atoms with Gasteiger partial charge in [-0.15, -0.1) is 0 Å². The molecule has 2 aliphatic rings. The summed E-state index contributed by atoms with van der Waals surface area (Å²) in [5.74, 6) is 1.87. The Kier molecular flexibility index (Phi) is 5.97. The van der Waals surface area contributed by atoms with Crippen LogP contribution in [-0.4, -0.2) is 48.3 Å². The zero-order chi connectivity index (χ0) is 18.5. The van der Waals surface area contributed by atoms with Gasteiger partial charge in [-0.1, -0.05) is 12.1 Å². The third-order valence-electron chi connectivity index (χ3n) is 5.29. The Morgan fingerprint density at radius 3 is 2.89 bits per heavy atom. The maximum absolute atomic E-state index is 5.63. The smallest absolute Gasteiger partial charge is 0.145 e. The molecule has 0 spiro atoms. The molecule has 0 amide bonds. The van der Waals surface area contributed by atoms with E-state index >= 15 is 0 Å². The Morgan fingerprint density at radius 2 is 2.11 bits per heavy atom. The number of nitrogens with zero attached hydrogens (tertiary/aromatic N) is 3. The van der Waals surface area contributed by atoms with E-state index in [-0.39, 0.29) is 0 Å². The monoisotopic (exact) mass is 368 g/mol. The van der Waals surface area contributed by atoms with Crippen LogP contribution in [0.15, 0.2) is 30.5 Å². The maximum Gasteiger partial charge on any atom is 0.145 e. The molecule has 3 heterocycles. The lowest BCUT2D eigenvalue weighted by Crippen LogP contribution is -2.31. The first-order valence-corrected chi connectivity index (χ1v) is 9.83. The molecule has 0 aliphatic carbocycles. The van der Waals surface area contributed by atoms with Crippen molar-refractivity contribution in [1.29, 1.82) is 0 Å². The van der Waals surface area contributed by atoms with Crippen LogP contribution >= 0.6 is 0 Å². The molecule has 1 unspecified atom stereocenters. The minimum absolute atomic E-state index is 0.345. The Balaban J connectivity index is 1.34. The molecule has 144 valence electrons. The second kappa shape index (κ2) is 8.78. The molecule has 2 aromatic rings. The summed E-state index contributed by atoms with van der Waals surface area (Å²) >= 11 is 0. The highest BCUT2D eigenvalue weighted by atomic mass is 16.5. The van der Waals surface area contributed by atoms with Gasteiger partial charge in [-0.3, -0.25) is 4.90 Å². The van der Waals surface area contributed by atoms with E-state index in [9.17, 15) is 0 Å². The maximum atomic E-state index is 5.63. The number of hydrogen-bond acceptors (Lipinski definition) is 6. The quantitative estimate of drug-likeness (QED) is 0.758. The van der Waals surface area contributed by atoms with E-state index in [1.807, 2.05) is 18.3 Å². The van der Waals surface area contributed by atoms with E-state index < -0.39 is 0 Å². The molecule has 0 saturated carbocycles. The fourth-order valence-corrected chi connectivity index (χ4v) is 3.79. The van der Waals surface area contributed by atoms with E-state index in [0.29, 0.717) is 19.3 Å². The number of methoxy groups -OCH3 is 1. The number of benzene rings is 1. The average Bonchev–Trinajstić information content (AvgIpc) is 3.24. The van der Waals surface area contributed by atoms with Crippen molar-refractivity contribution in [2.75, 3.05) is 33.4 Å². The van der Waals surface area contributed by atoms with Crippen LogP contribution in [0.5, 0.6) is 5.75 Å². The van der Waals surface area contributed by atoms with Crippen molar-refractivity contribution in [2.45, 2.75) is 38.4 Å². The van der Waals surface area contributed by atoms with Crippen LogP contribution in [0.3, 0.4) is 0 Å². The highest BCUT2D eigenvalue weighted by molar-refractivity contribution is 5.28. The van der Waals surface area contributed by atoms with Crippen LogP contribution in [0.2, 0.25) is 0 Å². The number of aromatic nitrogens is 2. The minimum Gasteiger partial charge on any atom is -0.491 e. The Morgan fingerprint density at radius 1 is 1.22 bits per heavy atom. The van der Waals surface area contributed by atoms with Crippen LogP contribution in [0, 0.1) is 0 Å². The van der Waals surface area contributed by atoms with E-state index in [4.69, 9.17) is 14.5 Å². The summed E-state index contributed by atoms with van der Waals surface area (Å²) in [6.45, 7) is 5.15. The molecule has 1 aromatic carbocycles. The van der Waals surface area contributed by atoms with Crippen LogP contribution in [0.1, 0.15) is 41.5 Å². The predicted molar refractivity (Wildman–Crippen MR) is 104 cm³/mol. The van der Waals surface area contributed by atoms with Gasteiger partial charge >= 0.3 is 0 Å². The summed E-state index contributed by atoms with van der Waals surface area (Å²) in [6.07, 6.45) is 5.40.